The van der Waals surface area contributed by atoms with E-state index in [2.05, 4.69) is 59.5 Å². The maximum absolute atomic E-state index is 5.98. The fourth-order valence-electron chi connectivity index (χ4n) is 3.52. The molecular weight excluding hydrogens is 380 g/mol. The molecule has 1 atom stereocenters. The number of hydrogen-bond acceptors (Lipinski definition) is 5. The number of benzene rings is 1. The van der Waals surface area contributed by atoms with Crippen molar-refractivity contribution in [3.63, 3.8) is 0 Å². The van der Waals surface area contributed by atoms with Crippen LogP contribution in [0.25, 0.3) is 0 Å². The number of aryl methyl sites for hydroxylation is 1. The van der Waals surface area contributed by atoms with Crippen LogP contribution in [0.1, 0.15) is 31.4 Å². The van der Waals surface area contributed by atoms with Gasteiger partial charge < -0.3 is 24.8 Å². The number of morpholine rings is 1. The molecule has 7 nitrogen and oxygen atoms in total. The lowest BCUT2D eigenvalue weighted by molar-refractivity contribution is -0.0284. The van der Waals surface area contributed by atoms with E-state index in [1.165, 1.54) is 5.56 Å². The first-order valence-electron chi connectivity index (χ1n) is 11.0. The molecule has 1 aliphatic rings. The smallest absolute Gasteiger partial charge is 0.191 e. The van der Waals surface area contributed by atoms with E-state index >= 15 is 0 Å². The number of nitrogens with one attached hydrogen (secondary N) is 2. The van der Waals surface area contributed by atoms with Gasteiger partial charge in [-0.15, -0.1) is 0 Å². The summed E-state index contributed by atoms with van der Waals surface area (Å²) >= 11 is 0. The Morgan fingerprint density at radius 1 is 1.30 bits per heavy atom. The van der Waals surface area contributed by atoms with Gasteiger partial charge in [0, 0.05) is 65.5 Å². The molecule has 2 N–H and O–H groups in total. The maximum atomic E-state index is 5.98. The van der Waals surface area contributed by atoms with Crippen molar-refractivity contribution in [1.29, 1.82) is 0 Å². The first-order valence-corrected chi connectivity index (χ1v) is 11.0. The number of hydrogen-bond donors (Lipinski definition) is 2. The van der Waals surface area contributed by atoms with Gasteiger partial charge >= 0.3 is 0 Å². The van der Waals surface area contributed by atoms with Gasteiger partial charge in [0.1, 0.15) is 5.75 Å². The Morgan fingerprint density at radius 3 is 2.87 bits per heavy atom. The van der Waals surface area contributed by atoms with Crippen LogP contribution in [0.4, 0.5) is 0 Å². The number of guanidine groups is 1. The summed E-state index contributed by atoms with van der Waals surface area (Å²) in [6.07, 6.45) is 1.05. The van der Waals surface area contributed by atoms with Crippen LogP contribution in [0.2, 0.25) is 0 Å². The molecule has 2 rings (SSSR count). The van der Waals surface area contributed by atoms with Crippen LogP contribution in [0.15, 0.2) is 23.2 Å². The minimum absolute atomic E-state index is 0.176. The van der Waals surface area contributed by atoms with E-state index in [4.69, 9.17) is 14.2 Å². The van der Waals surface area contributed by atoms with Gasteiger partial charge in [-0.2, -0.15) is 0 Å². The molecule has 0 aliphatic carbocycles. The average molecular weight is 421 g/mol. The van der Waals surface area contributed by atoms with Crippen molar-refractivity contribution in [2.75, 3.05) is 60.2 Å². The van der Waals surface area contributed by atoms with Crippen LogP contribution in [-0.4, -0.2) is 77.1 Å². The highest BCUT2D eigenvalue weighted by Crippen LogP contribution is 2.20. The van der Waals surface area contributed by atoms with Crippen molar-refractivity contribution >= 4 is 5.96 Å². The lowest BCUT2D eigenvalue weighted by Crippen LogP contribution is -2.50. The van der Waals surface area contributed by atoms with Gasteiger partial charge in [0.05, 0.1) is 19.3 Å². The van der Waals surface area contributed by atoms with Crippen LogP contribution < -0.4 is 15.4 Å². The largest absolute Gasteiger partial charge is 0.493 e. The van der Waals surface area contributed by atoms with Gasteiger partial charge in [0.25, 0.3) is 0 Å². The summed E-state index contributed by atoms with van der Waals surface area (Å²) < 4.78 is 17.0. The number of nitrogens with zero attached hydrogens (tertiary/aromatic N) is 2. The monoisotopic (exact) mass is 420 g/mol. The standard InChI is InChI=1S/C23H40N4O3/c1-18(2)16-27-9-12-29-21(17-27)15-26-23(24-4)25-14-20-8-7-19(3)13-22(20)30-11-6-10-28-5/h7-8,13,18,21H,6,9-12,14-17H2,1-5H3,(H2,24,25,26). The Balaban J connectivity index is 1.82. The van der Waals surface area contributed by atoms with E-state index in [9.17, 15) is 0 Å². The molecule has 170 valence electrons. The predicted octanol–water partition coefficient (Wildman–Crippen LogP) is 2.43. The minimum Gasteiger partial charge on any atom is -0.493 e. The zero-order valence-corrected chi connectivity index (χ0v) is 19.4. The third-order valence-electron chi connectivity index (χ3n) is 4.99. The molecular formula is C23H40N4O3. The maximum Gasteiger partial charge on any atom is 0.191 e. The van der Waals surface area contributed by atoms with Crippen LogP contribution in [0.3, 0.4) is 0 Å². The third kappa shape index (κ3) is 8.90. The summed E-state index contributed by atoms with van der Waals surface area (Å²) in [6.45, 7) is 13.2. The van der Waals surface area contributed by atoms with E-state index in [0.717, 1.165) is 56.5 Å². The van der Waals surface area contributed by atoms with Crippen molar-refractivity contribution in [2.24, 2.45) is 10.9 Å². The van der Waals surface area contributed by atoms with Gasteiger partial charge in [-0.05, 0) is 24.5 Å². The third-order valence-corrected chi connectivity index (χ3v) is 4.99. The van der Waals surface area contributed by atoms with Crippen molar-refractivity contribution in [2.45, 2.75) is 39.8 Å². The van der Waals surface area contributed by atoms with E-state index in [0.29, 0.717) is 25.7 Å². The van der Waals surface area contributed by atoms with E-state index < -0.39 is 0 Å². The highest BCUT2D eigenvalue weighted by molar-refractivity contribution is 5.79. The zero-order valence-electron chi connectivity index (χ0n) is 19.4. The molecule has 1 aliphatic heterocycles. The molecule has 1 unspecified atom stereocenters. The molecule has 1 aromatic rings. The molecule has 0 radical (unpaired) electrons. The topological polar surface area (TPSA) is 67.4 Å². The Hall–Kier alpha value is -1.83. The summed E-state index contributed by atoms with van der Waals surface area (Å²) in [6, 6.07) is 6.29. The Bertz CT molecular complexity index is 651. The predicted molar refractivity (Wildman–Crippen MR) is 122 cm³/mol. The SMILES string of the molecule is CN=C(NCc1ccc(C)cc1OCCCOC)NCC1CN(CC(C)C)CCO1. The van der Waals surface area contributed by atoms with Gasteiger partial charge in [0.2, 0.25) is 0 Å². The molecule has 0 saturated carbocycles. The van der Waals surface area contributed by atoms with Gasteiger partial charge in [-0.3, -0.25) is 9.89 Å². The van der Waals surface area contributed by atoms with Crippen LogP contribution in [0, 0.1) is 12.8 Å². The molecule has 0 bridgehead atoms. The van der Waals surface area contributed by atoms with E-state index in [-0.39, 0.29) is 6.10 Å². The summed E-state index contributed by atoms with van der Waals surface area (Å²) in [5.74, 6) is 2.35. The highest BCUT2D eigenvalue weighted by Gasteiger charge is 2.21. The normalized spacial score (nSPS) is 17.9. The number of ether oxygens (including phenoxy) is 3. The van der Waals surface area contributed by atoms with Crippen LogP contribution >= 0.6 is 0 Å². The molecule has 0 aromatic heterocycles. The minimum atomic E-state index is 0.176. The quantitative estimate of drug-likeness (QED) is 0.326. The lowest BCUT2D eigenvalue weighted by atomic mass is 10.1. The highest BCUT2D eigenvalue weighted by atomic mass is 16.5. The molecule has 30 heavy (non-hydrogen) atoms. The van der Waals surface area contributed by atoms with Crippen molar-refractivity contribution in [3.8, 4) is 5.75 Å². The molecule has 0 amide bonds. The molecule has 1 fully saturated rings. The van der Waals surface area contributed by atoms with Gasteiger partial charge in [-0.1, -0.05) is 26.0 Å². The van der Waals surface area contributed by atoms with Crippen molar-refractivity contribution in [1.82, 2.24) is 15.5 Å². The summed E-state index contributed by atoms with van der Waals surface area (Å²) in [4.78, 5) is 6.84. The first-order chi connectivity index (χ1) is 14.5. The fraction of sp³-hybridized carbons (Fsp3) is 0.696. The second kappa shape index (κ2) is 13.5. The number of aliphatic imine (C=N–C) groups is 1. The number of methoxy groups -OCH3 is 1. The van der Waals surface area contributed by atoms with Crippen molar-refractivity contribution in [3.05, 3.63) is 29.3 Å². The Morgan fingerprint density at radius 2 is 2.13 bits per heavy atom. The molecule has 7 heteroatoms. The van der Waals surface area contributed by atoms with E-state index in [1.807, 2.05) is 0 Å². The Labute approximate surface area is 182 Å². The lowest BCUT2D eigenvalue weighted by Gasteiger charge is -2.34. The van der Waals surface area contributed by atoms with Crippen molar-refractivity contribution < 1.29 is 14.2 Å². The average Bonchev–Trinajstić information content (AvgIpc) is 2.72. The van der Waals surface area contributed by atoms with Gasteiger partial charge in [0.15, 0.2) is 5.96 Å². The van der Waals surface area contributed by atoms with E-state index in [1.54, 1.807) is 14.2 Å². The molecule has 1 heterocycles. The zero-order chi connectivity index (χ0) is 21.8. The van der Waals surface area contributed by atoms with Crippen LogP contribution in [0.5, 0.6) is 5.75 Å². The Kier molecular flexibility index (Phi) is 11.0. The second-order valence-corrected chi connectivity index (χ2v) is 8.26. The first kappa shape index (κ1) is 24.4. The van der Waals surface area contributed by atoms with Crippen LogP contribution in [-0.2, 0) is 16.0 Å². The number of rotatable bonds is 11. The molecule has 1 saturated heterocycles. The second-order valence-electron chi connectivity index (χ2n) is 8.26. The summed E-state index contributed by atoms with van der Waals surface area (Å²) in [7, 11) is 3.50. The molecule has 1 aromatic carbocycles. The molecule has 0 spiro atoms. The fourth-order valence-corrected chi connectivity index (χ4v) is 3.52. The van der Waals surface area contributed by atoms with Gasteiger partial charge in [-0.25, -0.2) is 0 Å². The summed E-state index contributed by atoms with van der Waals surface area (Å²) in [5, 5.41) is 6.80. The summed E-state index contributed by atoms with van der Waals surface area (Å²) in [5.41, 5.74) is 2.29.